The minimum Gasteiger partial charge on any atom is -0.338 e. The summed E-state index contributed by atoms with van der Waals surface area (Å²) >= 11 is 0. The number of piperazine rings is 1. The van der Waals surface area contributed by atoms with E-state index in [2.05, 4.69) is 34.1 Å². The molecule has 1 unspecified atom stereocenters. The SMILES string of the molecule is O=C1CCC(N2CCN(CC=Cc3ccccc3)CC2)CCN1Cc1ccc(F)cc1F. The Bertz CT molecular complexity index is 926. The third-order valence-electron chi connectivity index (χ3n) is 6.55. The highest BCUT2D eigenvalue weighted by atomic mass is 19.1. The highest BCUT2D eigenvalue weighted by Crippen LogP contribution is 2.22. The van der Waals surface area contributed by atoms with Crippen LogP contribution in [0.4, 0.5) is 8.78 Å². The van der Waals surface area contributed by atoms with Gasteiger partial charge in [-0.2, -0.15) is 0 Å². The van der Waals surface area contributed by atoms with Gasteiger partial charge in [-0.05, 0) is 24.5 Å². The maximum absolute atomic E-state index is 14.0. The molecule has 2 aliphatic rings. The molecule has 32 heavy (non-hydrogen) atoms. The van der Waals surface area contributed by atoms with E-state index in [1.165, 1.54) is 17.7 Å². The minimum atomic E-state index is -0.594. The van der Waals surface area contributed by atoms with Crippen LogP contribution in [0.3, 0.4) is 0 Å². The van der Waals surface area contributed by atoms with Gasteiger partial charge in [0.1, 0.15) is 11.6 Å². The van der Waals surface area contributed by atoms with Crippen molar-refractivity contribution in [1.29, 1.82) is 0 Å². The van der Waals surface area contributed by atoms with Crippen LogP contribution in [0.5, 0.6) is 0 Å². The molecule has 170 valence electrons. The Kier molecular flexibility index (Phi) is 7.66. The summed E-state index contributed by atoms with van der Waals surface area (Å²) in [7, 11) is 0. The van der Waals surface area contributed by atoms with Crippen LogP contribution < -0.4 is 0 Å². The third kappa shape index (κ3) is 6.02. The minimum absolute atomic E-state index is 0.0564. The molecule has 2 aromatic rings. The number of likely N-dealkylation sites (tertiary alicyclic amines) is 1. The van der Waals surface area contributed by atoms with Crippen molar-refractivity contribution < 1.29 is 13.6 Å². The van der Waals surface area contributed by atoms with E-state index in [0.717, 1.165) is 51.6 Å². The maximum atomic E-state index is 14.0. The van der Waals surface area contributed by atoms with Crippen LogP contribution >= 0.6 is 0 Å². The van der Waals surface area contributed by atoms with E-state index < -0.39 is 11.6 Å². The van der Waals surface area contributed by atoms with E-state index >= 15 is 0 Å². The second kappa shape index (κ2) is 10.8. The quantitative estimate of drug-likeness (QED) is 0.676. The molecule has 0 radical (unpaired) electrons. The van der Waals surface area contributed by atoms with Gasteiger partial charge >= 0.3 is 0 Å². The Morgan fingerprint density at radius 1 is 0.938 bits per heavy atom. The van der Waals surface area contributed by atoms with Gasteiger partial charge in [-0.1, -0.05) is 48.6 Å². The standard InChI is InChI=1S/C26H31F2N3O/c27-23-9-8-22(25(28)19-23)20-31-14-12-24(10-11-26(31)32)30-17-15-29(16-18-30)13-4-7-21-5-2-1-3-6-21/h1-9,19,24H,10-18,20H2. The Morgan fingerprint density at radius 3 is 2.47 bits per heavy atom. The Hall–Kier alpha value is -2.57. The number of carbonyl (C=O) groups is 1. The number of nitrogens with zero attached hydrogens (tertiary/aromatic N) is 3. The molecule has 1 amide bonds. The van der Waals surface area contributed by atoms with Crippen molar-refractivity contribution in [3.63, 3.8) is 0 Å². The lowest BCUT2D eigenvalue weighted by Crippen LogP contribution is -2.50. The van der Waals surface area contributed by atoms with Gasteiger partial charge in [0.15, 0.2) is 0 Å². The summed E-state index contributed by atoms with van der Waals surface area (Å²) in [5.74, 6) is -1.12. The zero-order valence-corrected chi connectivity index (χ0v) is 18.4. The van der Waals surface area contributed by atoms with Crippen LogP contribution in [0.15, 0.2) is 54.6 Å². The van der Waals surface area contributed by atoms with Crippen molar-refractivity contribution >= 4 is 12.0 Å². The molecule has 0 N–H and O–H groups in total. The summed E-state index contributed by atoms with van der Waals surface area (Å²) in [5.41, 5.74) is 1.59. The number of hydrogen-bond donors (Lipinski definition) is 0. The fraction of sp³-hybridized carbons (Fsp3) is 0.423. The van der Waals surface area contributed by atoms with Crippen LogP contribution in [-0.2, 0) is 11.3 Å². The van der Waals surface area contributed by atoms with Crippen molar-refractivity contribution in [3.05, 3.63) is 77.4 Å². The van der Waals surface area contributed by atoms with Gasteiger partial charge in [-0.25, -0.2) is 8.78 Å². The van der Waals surface area contributed by atoms with Gasteiger partial charge in [0.05, 0.1) is 0 Å². The van der Waals surface area contributed by atoms with E-state index in [-0.39, 0.29) is 12.5 Å². The first-order valence-corrected chi connectivity index (χ1v) is 11.5. The van der Waals surface area contributed by atoms with E-state index in [0.29, 0.717) is 24.6 Å². The second-order valence-corrected chi connectivity index (χ2v) is 8.68. The van der Waals surface area contributed by atoms with Crippen LogP contribution in [0.2, 0.25) is 0 Å². The molecule has 2 aliphatic heterocycles. The molecule has 2 aromatic carbocycles. The molecule has 0 spiro atoms. The highest BCUT2D eigenvalue weighted by Gasteiger charge is 2.28. The lowest BCUT2D eigenvalue weighted by atomic mass is 10.1. The number of amides is 1. The van der Waals surface area contributed by atoms with Gasteiger partial charge in [0.2, 0.25) is 5.91 Å². The van der Waals surface area contributed by atoms with E-state index in [9.17, 15) is 13.6 Å². The van der Waals surface area contributed by atoms with Crippen molar-refractivity contribution in [2.75, 3.05) is 39.3 Å². The van der Waals surface area contributed by atoms with E-state index in [1.54, 1.807) is 4.90 Å². The van der Waals surface area contributed by atoms with E-state index in [4.69, 9.17) is 0 Å². The van der Waals surface area contributed by atoms with Crippen LogP contribution in [-0.4, -0.2) is 65.9 Å². The normalized spacial score (nSPS) is 21.2. The number of rotatable bonds is 6. The summed E-state index contributed by atoms with van der Waals surface area (Å²) < 4.78 is 27.2. The zero-order chi connectivity index (χ0) is 22.3. The van der Waals surface area contributed by atoms with Gasteiger partial charge in [0.25, 0.3) is 0 Å². The Balaban J connectivity index is 1.25. The Morgan fingerprint density at radius 2 is 1.72 bits per heavy atom. The third-order valence-corrected chi connectivity index (χ3v) is 6.55. The fourth-order valence-corrected chi connectivity index (χ4v) is 4.62. The smallest absolute Gasteiger partial charge is 0.222 e. The summed E-state index contributed by atoms with van der Waals surface area (Å²) in [5, 5.41) is 0. The average molecular weight is 440 g/mol. The summed E-state index contributed by atoms with van der Waals surface area (Å²) in [4.78, 5) is 19.3. The molecule has 2 fully saturated rings. The number of carbonyl (C=O) groups excluding carboxylic acids is 1. The molecule has 4 rings (SSSR count). The zero-order valence-electron chi connectivity index (χ0n) is 18.4. The largest absolute Gasteiger partial charge is 0.338 e. The lowest BCUT2D eigenvalue weighted by Gasteiger charge is -2.38. The molecule has 6 heteroatoms. The molecule has 2 saturated heterocycles. The average Bonchev–Trinajstić information content (AvgIpc) is 2.98. The molecule has 1 atom stereocenters. The van der Waals surface area contributed by atoms with Gasteiger partial charge in [0, 0.05) is 69.9 Å². The first-order chi connectivity index (χ1) is 15.6. The van der Waals surface area contributed by atoms with Crippen molar-refractivity contribution in [2.24, 2.45) is 0 Å². The number of benzene rings is 2. The van der Waals surface area contributed by atoms with Crippen molar-refractivity contribution in [2.45, 2.75) is 31.8 Å². The van der Waals surface area contributed by atoms with Crippen molar-refractivity contribution in [3.8, 4) is 0 Å². The monoisotopic (exact) mass is 439 g/mol. The van der Waals surface area contributed by atoms with Gasteiger partial charge in [-0.3, -0.25) is 14.6 Å². The molecule has 0 saturated carbocycles. The molecular formula is C26H31F2N3O. The second-order valence-electron chi connectivity index (χ2n) is 8.68. The molecule has 0 aliphatic carbocycles. The van der Waals surface area contributed by atoms with Crippen LogP contribution in [0.25, 0.3) is 6.08 Å². The first kappa shape index (κ1) is 22.6. The molecule has 2 heterocycles. The predicted molar refractivity (Wildman–Crippen MR) is 123 cm³/mol. The predicted octanol–water partition coefficient (Wildman–Crippen LogP) is 4.18. The van der Waals surface area contributed by atoms with Gasteiger partial charge in [-0.15, -0.1) is 0 Å². The number of halogens is 2. The van der Waals surface area contributed by atoms with E-state index in [1.807, 2.05) is 18.2 Å². The topological polar surface area (TPSA) is 26.8 Å². The summed E-state index contributed by atoms with van der Waals surface area (Å²) in [6.07, 6.45) is 6.61. The van der Waals surface area contributed by atoms with Crippen LogP contribution in [0.1, 0.15) is 30.4 Å². The molecule has 0 bridgehead atoms. The first-order valence-electron chi connectivity index (χ1n) is 11.5. The summed E-state index contributed by atoms with van der Waals surface area (Å²) in [6, 6.07) is 14.3. The maximum Gasteiger partial charge on any atom is 0.222 e. The van der Waals surface area contributed by atoms with Gasteiger partial charge < -0.3 is 4.90 Å². The highest BCUT2D eigenvalue weighted by molar-refractivity contribution is 5.76. The number of hydrogen-bond acceptors (Lipinski definition) is 3. The molecule has 4 nitrogen and oxygen atoms in total. The lowest BCUT2D eigenvalue weighted by molar-refractivity contribution is -0.131. The molecular weight excluding hydrogens is 408 g/mol. The van der Waals surface area contributed by atoms with Crippen LogP contribution in [0, 0.1) is 11.6 Å². The fourth-order valence-electron chi connectivity index (χ4n) is 4.62. The Labute approximate surface area is 189 Å². The van der Waals surface area contributed by atoms with Crippen molar-refractivity contribution in [1.82, 2.24) is 14.7 Å². The molecule has 0 aromatic heterocycles. The summed E-state index contributed by atoms with van der Waals surface area (Å²) in [6.45, 7) is 5.82.